The molecule has 0 radical (unpaired) electrons. The van der Waals surface area contributed by atoms with Gasteiger partial charge >= 0.3 is 0 Å². The van der Waals surface area contributed by atoms with Gasteiger partial charge in [-0.3, -0.25) is 0 Å². The molecule has 0 atom stereocenters. The summed E-state index contributed by atoms with van der Waals surface area (Å²) in [5, 5.41) is 2.81. The first-order chi connectivity index (χ1) is 9.12. The number of hydrogen-bond acceptors (Lipinski definition) is 6. The fraction of sp³-hybridized carbons (Fsp3) is 0.364. The van der Waals surface area contributed by atoms with Gasteiger partial charge in [0.1, 0.15) is 4.21 Å². The van der Waals surface area contributed by atoms with E-state index in [-0.39, 0.29) is 0 Å². The van der Waals surface area contributed by atoms with Gasteiger partial charge in [0.25, 0.3) is 0 Å². The lowest BCUT2D eigenvalue weighted by atomic mass is 10.3. The number of nitrogens with zero attached hydrogens (tertiary/aromatic N) is 1. The quantitative estimate of drug-likeness (QED) is 0.804. The number of thiophene rings is 1. The van der Waals surface area contributed by atoms with Crippen molar-refractivity contribution in [3.05, 3.63) is 33.6 Å². The first-order valence-electron chi connectivity index (χ1n) is 5.78. The molecular formula is C11H15N3O2S3. The zero-order chi connectivity index (χ0) is 13.7. The molecule has 0 saturated carbocycles. The predicted octanol–water partition coefficient (Wildman–Crippen LogP) is 1.23. The number of hydrogen-bond donors (Lipinski definition) is 2. The monoisotopic (exact) mass is 317 g/mol. The molecule has 0 fully saturated rings. The average Bonchev–Trinajstić information content (AvgIpc) is 3.00. The third-order valence-electron chi connectivity index (χ3n) is 2.41. The summed E-state index contributed by atoms with van der Waals surface area (Å²) in [6.07, 6.45) is 3.03. The SMILES string of the molecule is NCCc1ccc(S(=O)(=O)NCCc2nccs2)s1. The minimum Gasteiger partial charge on any atom is -0.330 e. The minimum absolute atomic E-state index is 0.343. The Balaban J connectivity index is 1.93. The second kappa shape index (κ2) is 6.58. The number of thiazole rings is 1. The summed E-state index contributed by atoms with van der Waals surface area (Å²) in [6, 6.07) is 3.44. The van der Waals surface area contributed by atoms with Gasteiger partial charge in [-0.25, -0.2) is 18.1 Å². The summed E-state index contributed by atoms with van der Waals surface area (Å²) in [5.74, 6) is 0. The molecule has 8 heteroatoms. The summed E-state index contributed by atoms with van der Waals surface area (Å²) in [7, 11) is -3.41. The van der Waals surface area contributed by atoms with Gasteiger partial charge in [-0.2, -0.15) is 0 Å². The average molecular weight is 317 g/mol. The zero-order valence-electron chi connectivity index (χ0n) is 10.2. The van der Waals surface area contributed by atoms with Gasteiger partial charge in [-0.1, -0.05) is 0 Å². The van der Waals surface area contributed by atoms with E-state index in [4.69, 9.17) is 5.73 Å². The van der Waals surface area contributed by atoms with E-state index in [0.29, 0.717) is 30.1 Å². The maximum Gasteiger partial charge on any atom is 0.250 e. The molecular weight excluding hydrogens is 302 g/mol. The van der Waals surface area contributed by atoms with Gasteiger partial charge in [-0.05, 0) is 25.1 Å². The van der Waals surface area contributed by atoms with E-state index in [9.17, 15) is 8.42 Å². The Kier molecular flexibility index (Phi) is 5.06. The highest BCUT2D eigenvalue weighted by Crippen LogP contribution is 2.21. The predicted molar refractivity (Wildman–Crippen MR) is 78.1 cm³/mol. The fourth-order valence-electron chi connectivity index (χ4n) is 1.52. The zero-order valence-corrected chi connectivity index (χ0v) is 12.7. The number of nitrogens with one attached hydrogen (secondary N) is 1. The van der Waals surface area contributed by atoms with Crippen LogP contribution in [-0.4, -0.2) is 26.5 Å². The number of rotatable bonds is 7. The normalized spacial score (nSPS) is 11.8. The van der Waals surface area contributed by atoms with Crippen LogP contribution in [0.1, 0.15) is 9.88 Å². The summed E-state index contributed by atoms with van der Waals surface area (Å²) < 4.78 is 27.0. The topological polar surface area (TPSA) is 85.1 Å². The molecule has 2 aromatic heterocycles. The van der Waals surface area contributed by atoms with E-state index in [2.05, 4.69) is 9.71 Å². The van der Waals surface area contributed by atoms with E-state index in [1.165, 1.54) is 22.7 Å². The lowest BCUT2D eigenvalue weighted by Gasteiger charge is -2.03. The van der Waals surface area contributed by atoms with Crippen LogP contribution < -0.4 is 10.5 Å². The van der Waals surface area contributed by atoms with Crippen LogP contribution in [-0.2, 0) is 22.9 Å². The molecule has 0 bridgehead atoms. The summed E-state index contributed by atoms with van der Waals surface area (Å²) in [6.45, 7) is 0.886. The Labute approximate surface area is 120 Å². The van der Waals surface area contributed by atoms with Crippen LogP contribution in [0.15, 0.2) is 27.9 Å². The second-order valence-electron chi connectivity index (χ2n) is 3.83. The van der Waals surface area contributed by atoms with Gasteiger partial charge in [0, 0.05) is 29.4 Å². The molecule has 104 valence electrons. The maximum absolute atomic E-state index is 12.0. The van der Waals surface area contributed by atoms with Crippen molar-refractivity contribution in [2.45, 2.75) is 17.1 Å². The number of nitrogens with two attached hydrogens (primary N) is 1. The molecule has 19 heavy (non-hydrogen) atoms. The molecule has 3 N–H and O–H groups in total. The van der Waals surface area contributed by atoms with Gasteiger partial charge < -0.3 is 5.73 Å². The third kappa shape index (κ3) is 4.08. The maximum atomic E-state index is 12.0. The van der Waals surface area contributed by atoms with Crippen LogP contribution in [0, 0.1) is 0 Å². The standard InChI is InChI=1S/C11H15N3O2S3/c12-5-3-9-1-2-11(18-9)19(15,16)14-6-4-10-13-7-8-17-10/h1-2,7-8,14H,3-6,12H2. The largest absolute Gasteiger partial charge is 0.330 e. The highest BCUT2D eigenvalue weighted by atomic mass is 32.2. The van der Waals surface area contributed by atoms with Crippen molar-refractivity contribution in [2.75, 3.05) is 13.1 Å². The molecule has 0 saturated heterocycles. The molecule has 0 aliphatic carbocycles. The lowest BCUT2D eigenvalue weighted by Crippen LogP contribution is -2.25. The first kappa shape index (κ1) is 14.6. The van der Waals surface area contributed by atoms with Gasteiger partial charge in [0.15, 0.2) is 0 Å². The molecule has 2 rings (SSSR count). The van der Waals surface area contributed by atoms with Crippen LogP contribution in [0.5, 0.6) is 0 Å². The molecule has 0 aromatic carbocycles. The van der Waals surface area contributed by atoms with E-state index in [1.54, 1.807) is 12.3 Å². The second-order valence-corrected chi connectivity index (χ2v) is 7.97. The summed E-state index contributed by atoms with van der Waals surface area (Å²) in [5.41, 5.74) is 5.45. The van der Waals surface area contributed by atoms with Crippen molar-refractivity contribution < 1.29 is 8.42 Å². The van der Waals surface area contributed by atoms with Crippen LogP contribution in [0.3, 0.4) is 0 Å². The van der Waals surface area contributed by atoms with E-state index >= 15 is 0 Å². The highest BCUT2D eigenvalue weighted by Gasteiger charge is 2.16. The van der Waals surface area contributed by atoms with E-state index in [1.807, 2.05) is 11.4 Å². The third-order valence-corrected chi connectivity index (χ3v) is 6.34. The van der Waals surface area contributed by atoms with Crippen molar-refractivity contribution in [2.24, 2.45) is 5.73 Å². The molecule has 0 spiro atoms. The number of sulfonamides is 1. The van der Waals surface area contributed by atoms with Crippen LogP contribution in [0.2, 0.25) is 0 Å². The number of aromatic nitrogens is 1. The fourth-order valence-corrected chi connectivity index (χ4v) is 4.59. The smallest absolute Gasteiger partial charge is 0.250 e. The highest BCUT2D eigenvalue weighted by molar-refractivity contribution is 7.91. The minimum atomic E-state index is -3.41. The first-order valence-corrected chi connectivity index (χ1v) is 8.96. The van der Waals surface area contributed by atoms with Crippen LogP contribution in [0.25, 0.3) is 0 Å². The van der Waals surface area contributed by atoms with Crippen molar-refractivity contribution in [3.63, 3.8) is 0 Å². The Bertz CT molecular complexity index is 605. The Morgan fingerprint density at radius 3 is 2.84 bits per heavy atom. The van der Waals surface area contributed by atoms with Crippen molar-refractivity contribution in [1.82, 2.24) is 9.71 Å². The van der Waals surface area contributed by atoms with Gasteiger partial charge in [-0.15, -0.1) is 22.7 Å². The molecule has 0 aliphatic heterocycles. The molecule has 2 aromatic rings. The summed E-state index contributed by atoms with van der Waals surface area (Å²) in [4.78, 5) is 5.10. The Morgan fingerprint density at radius 1 is 1.32 bits per heavy atom. The molecule has 0 amide bonds. The van der Waals surface area contributed by atoms with Gasteiger partial charge in [0.2, 0.25) is 10.0 Å². The van der Waals surface area contributed by atoms with E-state index in [0.717, 1.165) is 9.88 Å². The lowest BCUT2D eigenvalue weighted by molar-refractivity contribution is 0.583. The Hall–Kier alpha value is -0.800. The van der Waals surface area contributed by atoms with Crippen molar-refractivity contribution in [1.29, 1.82) is 0 Å². The molecule has 5 nitrogen and oxygen atoms in total. The molecule has 0 unspecified atom stereocenters. The summed E-state index contributed by atoms with van der Waals surface area (Å²) >= 11 is 2.79. The molecule has 2 heterocycles. The van der Waals surface area contributed by atoms with Gasteiger partial charge in [0.05, 0.1) is 5.01 Å². The van der Waals surface area contributed by atoms with Crippen molar-refractivity contribution >= 4 is 32.7 Å². The van der Waals surface area contributed by atoms with Crippen LogP contribution >= 0.6 is 22.7 Å². The Morgan fingerprint density at radius 2 is 2.16 bits per heavy atom. The molecule has 0 aliphatic rings. The van der Waals surface area contributed by atoms with Crippen LogP contribution in [0.4, 0.5) is 0 Å². The van der Waals surface area contributed by atoms with Crippen molar-refractivity contribution in [3.8, 4) is 0 Å². The van der Waals surface area contributed by atoms with E-state index < -0.39 is 10.0 Å².